The molecule has 1 aliphatic rings. The Hall–Kier alpha value is -3.11. The molecule has 1 unspecified atom stereocenters. The molecule has 0 aliphatic carbocycles. The van der Waals surface area contributed by atoms with Crippen LogP contribution in [0.1, 0.15) is 17.5 Å². The van der Waals surface area contributed by atoms with Gasteiger partial charge in [-0.05, 0) is 42.0 Å². The molecule has 0 aromatic heterocycles. The molecule has 4 rings (SSSR count). The molecule has 3 aromatic carbocycles. The van der Waals surface area contributed by atoms with Crippen LogP contribution >= 0.6 is 27.7 Å². The smallest absolute Gasteiger partial charge is 0.325 e. The molecular weight excluding hydrogens is 543 g/mol. The number of aliphatic imine (C=N–C) groups is 1. The van der Waals surface area contributed by atoms with Gasteiger partial charge in [-0.25, -0.2) is 4.99 Å². The Morgan fingerprint density at radius 2 is 1.80 bits per heavy atom. The predicted octanol–water partition coefficient (Wildman–Crippen LogP) is 6.63. The maximum absolute atomic E-state index is 13.2. The maximum atomic E-state index is 13.2. The summed E-state index contributed by atoms with van der Waals surface area (Å²) in [6.45, 7) is 0.185. The van der Waals surface area contributed by atoms with Gasteiger partial charge in [0.05, 0.1) is 17.8 Å². The lowest BCUT2D eigenvalue weighted by molar-refractivity contribution is -0.137. The van der Waals surface area contributed by atoms with Crippen LogP contribution in [0.3, 0.4) is 0 Å². The molecule has 1 N–H and O–H groups in total. The zero-order chi connectivity index (χ0) is 25.0. The molecule has 35 heavy (non-hydrogen) atoms. The number of benzene rings is 3. The minimum atomic E-state index is -4.53. The molecule has 0 bridgehead atoms. The quantitative estimate of drug-likeness (QED) is 0.380. The number of anilines is 1. The fourth-order valence-corrected chi connectivity index (χ4v) is 4.91. The molecule has 1 aliphatic heterocycles. The number of amides is 2. The van der Waals surface area contributed by atoms with E-state index in [1.165, 1.54) is 17.0 Å². The fraction of sp³-hybridized carbons (Fsp3) is 0.160. The molecule has 2 amide bonds. The first-order chi connectivity index (χ1) is 16.7. The van der Waals surface area contributed by atoms with Gasteiger partial charge in [0.2, 0.25) is 11.8 Å². The summed E-state index contributed by atoms with van der Waals surface area (Å²) in [4.78, 5) is 31.8. The number of carbonyl (C=O) groups excluding carboxylic acids is 2. The Morgan fingerprint density at radius 3 is 2.51 bits per heavy atom. The highest BCUT2D eigenvalue weighted by molar-refractivity contribution is 9.10. The molecule has 10 heteroatoms. The van der Waals surface area contributed by atoms with Crippen LogP contribution in [0, 0.1) is 0 Å². The highest BCUT2D eigenvalue weighted by Gasteiger charge is 2.36. The largest absolute Gasteiger partial charge is 0.416 e. The van der Waals surface area contributed by atoms with Gasteiger partial charge in [-0.15, -0.1) is 0 Å². The van der Waals surface area contributed by atoms with Gasteiger partial charge >= 0.3 is 6.18 Å². The molecule has 0 radical (unpaired) electrons. The van der Waals surface area contributed by atoms with Gasteiger partial charge in [0.1, 0.15) is 5.25 Å². The second-order valence-corrected chi connectivity index (χ2v) is 9.80. The van der Waals surface area contributed by atoms with Crippen molar-refractivity contribution in [3.05, 3.63) is 94.5 Å². The molecule has 1 atom stereocenters. The van der Waals surface area contributed by atoms with E-state index >= 15 is 0 Å². The number of amidine groups is 1. The third-order valence-electron chi connectivity index (χ3n) is 5.11. The van der Waals surface area contributed by atoms with Crippen LogP contribution in [0.2, 0.25) is 0 Å². The van der Waals surface area contributed by atoms with E-state index in [0.717, 1.165) is 33.9 Å². The summed E-state index contributed by atoms with van der Waals surface area (Å²) < 4.78 is 40.4. The molecule has 1 heterocycles. The van der Waals surface area contributed by atoms with Crippen LogP contribution < -0.4 is 5.32 Å². The normalized spacial score (nSPS) is 17.5. The molecule has 1 fully saturated rings. The van der Waals surface area contributed by atoms with E-state index in [2.05, 4.69) is 26.2 Å². The summed E-state index contributed by atoms with van der Waals surface area (Å²) in [7, 11) is 0. The van der Waals surface area contributed by atoms with Gasteiger partial charge in [0.15, 0.2) is 5.17 Å². The second kappa shape index (κ2) is 10.7. The summed E-state index contributed by atoms with van der Waals surface area (Å²) in [5.41, 5.74) is 0.585. The zero-order valence-electron chi connectivity index (χ0n) is 18.1. The third-order valence-corrected chi connectivity index (χ3v) is 6.79. The Morgan fingerprint density at radius 1 is 1.06 bits per heavy atom. The highest BCUT2D eigenvalue weighted by Crippen LogP contribution is 2.34. The standard InChI is InChI=1S/C25H19BrF3N3O2S/c26-18-9-5-11-20(13-18)30-23(34)21-14-22(33)32(15-16-6-2-1-3-7-16)24(35-21)31-19-10-4-8-17(12-19)25(27,28)29/h1-13,21H,14-15H2,(H,30,34). The number of thioether (sulfide) groups is 1. The van der Waals surface area contributed by atoms with E-state index in [1.54, 1.807) is 18.2 Å². The topological polar surface area (TPSA) is 61.8 Å². The summed E-state index contributed by atoms with van der Waals surface area (Å²) in [6, 6.07) is 20.8. The number of rotatable bonds is 5. The summed E-state index contributed by atoms with van der Waals surface area (Å²) in [6.07, 6.45) is -4.60. The van der Waals surface area contributed by atoms with Crippen molar-refractivity contribution in [2.45, 2.75) is 24.4 Å². The van der Waals surface area contributed by atoms with Gasteiger partial charge in [0, 0.05) is 16.6 Å². The van der Waals surface area contributed by atoms with Gasteiger partial charge < -0.3 is 5.32 Å². The summed E-state index contributed by atoms with van der Waals surface area (Å²) >= 11 is 4.40. The molecule has 180 valence electrons. The zero-order valence-corrected chi connectivity index (χ0v) is 20.5. The Labute approximate surface area is 212 Å². The van der Waals surface area contributed by atoms with Gasteiger partial charge in [-0.3, -0.25) is 14.5 Å². The lowest BCUT2D eigenvalue weighted by Gasteiger charge is -2.32. The van der Waals surface area contributed by atoms with Crippen molar-refractivity contribution in [1.82, 2.24) is 4.90 Å². The molecular formula is C25H19BrF3N3O2S. The van der Waals surface area contributed by atoms with Gasteiger partial charge in [0.25, 0.3) is 0 Å². The van der Waals surface area contributed by atoms with Gasteiger partial charge in [-0.2, -0.15) is 13.2 Å². The average molecular weight is 562 g/mol. The molecule has 3 aromatic rings. The third kappa shape index (κ3) is 6.52. The van der Waals surface area contributed by atoms with Crippen LogP contribution in [0.4, 0.5) is 24.5 Å². The lowest BCUT2D eigenvalue weighted by Crippen LogP contribution is -2.44. The number of hydrogen-bond donors (Lipinski definition) is 1. The number of halogens is 4. The van der Waals surface area contributed by atoms with E-state index in [4.69, 9.17) is 0 Å². The van der Waals surface area contributed by atoms with Crippen LogP contribution in [-0.4, -0.2) is 27.1 Å². The number of carbonyl (C=O) groups is 2. The minimum absolute atomic E-state index is 0.0428. The number of nitrogens with zero attached hydrogens (tertiary/aromatic N) is 2. The van der Waals surface area contributed by atoms with E-state index in [-0.39, 0.29) is 29.7 Å². The van der Waals surface area contributed by atoms with Crippen LogP contribution in [-0.2, 0) is 22.3 Å². The SMILES string of the molecule is O=C(Nc1cccc(Br)c1)C1CC(=O)N(Cc2ccccc2)C(=Nc2cccc(C(F)(F)F)c2)S1. The average Bonchev–Trinajstić information content (AvgIpc) is 2.81. The molecule has 1 saturated heterocycles. The fourth-order valence-electron chi connectivity index (χ4n) is 3.41. The van der Waals surface area contributed by atoms with Crippen molar-refractivity contribution < 1.29 is 22.8 Å². The van der Waals surface area contributed by atoms with Crippen molar-refractivity contribution in [2.75, 3.05) is 5.32 Å². The highest BCUT2D eigenvalue weighted by atomic mass is 79.9. The number of hydrogen-bond acceptors (Lipinski definition) is 4. The van der Waals surface area contributed by atoms with E-state index in [0.29, 0.717) is 5.69 Å². The Bertz CT molecular complexity index is 1270. The lowest BCUT2D eigenvalue weighted by atomic mass is 10.2. The monoisotopic (exact) mass is 561 g/mol. The van der Waals surface area contributed by atoms with Crippen molar-refractivity contribution in [3.63, 3.8) is 0 Å². The predicted molar refractivity (Wildman–Crippen MR) is 134 cm³/mol. The van der Waals surface area contributed by atoms with Crippen molar-refractivity contribution >= 4 is 56.0 Å². The summed E-state index contributed by atoms with van der Waals surface area (Å²) in [5, 5.41) is 2.16. The van der Waals surface area contributed by atoms with Crippen molar-refractivity contribution in [2.24, 2.45) is 4.99 Å². The summed E-state index contributed by atoms with van der Waals surface area (Å²) in [5.74, 6) is -0.731. The van der Waals surface area contributed by atoms with Crippen LogP contribution in [0.25, 0.3) is 0 Å². The van der Waals surface area contributed by atoms with E-state index < -0.39 is 22.9 Å². The molecule has 0 saturated carbocycles. The maximum Gasteiger partial charge on any atom is 0.416 e. The number of nitrogens with one attached hydrogen (secondary N) is 1. The van der Waals surface area contributed by atoms with Crippen molar-refractivity contribution in [3.8, 4) is 0 Å². The molecule has 0 spiro atoms. The van der Waals surface area contributed by atoms with Crippen molar-refractivity contribution in [1.29, 1.82) is 0 Å². The van der Waals surface area contributed by atoms with E-state index in [9.17, 15) is 22.8 Å². The first-order valence-corrected chi connectivity index (χ1v) is 12.2. The van der Waals surface area contributed by atoms with Crippen LogP contribution in [0.15, 0.2) is 88.3 Å². The van der Waals surface area contributed by atoms with Crippen LogP contribution in [0.5, 0.6) is 0 Å². The minimum Gasteiger partial charge on any atom is -0.325 e. The van der Waals surface area contributed by atoms with Gasteiger partial charge in [-0.1, -0.05) is 70.2 Å². The molecule has 5 nitrogen and oxygen atoms in total. The number of alkyl halides is 3. The first-order valence-electron chi connectivity index (χ1n) is 10.5. The first kappa shape index (κ1) is 25.0. The Kier molecular flexibility index (Phi) is 7.61. The second-order valence-electron chi connectivity index (χ2n) is 7.72. The Balaban J connectivity index is 1.64. The van der Waals surface area contributed by atoms with E-state index in [1.807, 2.05) is 36.4 Å².